The lowest BCUT2D eigenvalue weighted by atomic mass is 9.74. The molecule has 2 aliphatic rings. The lowest BCUT2D eigenvalue weighted by molar-refractivity contribution is -0.104. The molecule has 2 aliphatic heterocycles. The van der Waals surface area contributed by atoms with Gasteiger partial charge in [0.15, 0.2) is 11.5 Å². The van der Waals surface area contributed by atoms with Gasteiger partial charge in [0.05, 0.1) is 19.3 Å². The second-order valence-electron chi connectivity index (χ2n) is 10.5. The van der Waals surface area contributed by atoms with Gasteiger partial charge in [-0.15, -0.1) is 6.58 Å². The van der Waals surface area contributed by atoms with Crippen LogP contribution >= 0.6 is 0 Å². The fourth-order valence-electron chi connectivity index (χ4n) is 4.94. The third-order valence-electron chi connectivity index (χ3n) is 7.36. The Hall–Kier alpha value is -4.45. The molecule has 1 spiro atoms. The van der Waals surface area contributed by atoms with Gasteiger partial charge >= 0.3 is 0 Å². The molecular formula is C28H35N9O3. The molecule has 2 fully saturated rings. The van der Waals surface area contributed by atoms with Crippen molar-refractivity contribution in [1.29, 1.82) is 0 Å². The van der Waals surface area contributed by atoms with Crippen LogP contribution in [0, 0.1) is 5.41 Å². The van der Waals surface area contributed by atoms with Crippen molar-refractivity contribution in [1.82, 2.24) is 29.7 Å². The van der Waals surface area contributed by atoms with Crippen LogP contribution in [0.4, 0.5) is 17.3 Å². The van der Waals surface area contributed by atoms with E-state index >= 15 is 0 Å². The first-order valence-corrected chi connectivity index (χ1v) is 13.2. The Morgan fingerprint density at radius 1 is 1.35 bits per heavy atom. The number of hydrogen-bond acceptors (Lipinski definition) is 10. The minimum absolute atomic E-state index is 0.0815. The average molecular weight is 546 g/mol. The number of carbonyl (C=O) groups is 1. The number of methoxy groups -OCH3 is 1. The van der Waals surface area contributed by atoms with E-state index in [1.807, 2.05) is 39.1 Å². The summed E-state index contributed by atoms with van der Waals surface area (Å²) in [6.45, 7) is 12.1. The summed E-state index contributed by atoms with van der Waals surface area (Å²) in [7, 11) is 3.48. The molecule has 5 rings (SSSR count). The fraction of sp³-hybridized carbons (Fsp3) is 0.393. The van der Waals surface area contributed by atoms with Gasteiger partial charge in [-0.2, -0.15) is 10.1 Å². The Balaban J connectivity index is 1.52. The molecule has 2 N–H and O–H groups in total. The van der Waals surface area contributed by atoms with Gasteiger partial charge in [0.25, 0.3) is 5.56 Å². The molecule has 0 amide bonds. The zero-order valence-corrected chi connectivity index (χ0v) is 23.3. The van der Waals surface area contributed by atoms with Crippen molar-refractivity contribution in [3.63, 3.8) is 0 Å². The van der Waals surface area contributed by atoms with Crippen LogP contribution in [0.3, 0.4) is 0 Å². The predicted molar refractivity (Wildman–Crippen MR) is 157 cm³/mol. The zero-order chi connectivity index (χ0) is 28.4. The lowest BCUT2D eigenvalue weighted by Crippen LogP contribution is -2.71. The molecule has 12 nitrogen and oxygen atoms in total. The summed E-state index contributed by atoms with van der Waals surface area (Å²) in [4.78, 5) is 35.9. The maximum Gasteiger partial charge on any atom is 0.278 e. The number of nitrogens with one attached hydrogen (secondary N) is 2. The molecular weight excluding hydrogens is 510 g/mol. The number of aldehydes is 1. The monoisotopic (exact) mass is 545 g/mol. The number of hydrogen-bond donors (Lipinski definition) is 2. The SMILES string of the molecule is C=CCn1c(=O)c2cnc(Nc3ccc(N4CC5(CNC5)C4)c(OC)c3)nc2n1C(/C=C\C=O)=N/N(C)C(C)C. The van der Waals surface area contributed by atoms with Gasteiger partial charge in [-0.05, 0) is 38.1 Å². The standard InChI is InChI=1S/C28H35N9O3/c1-6-11-36-26(39)21-14-30-27(32-25(21)37(36)24(8-7-12-38)33-34(4)19(2)3)31-20-9-10-22(23(13-20)40-5)35-17-28(18-35)15-29-16-28/h6-10,12-14,19,29H,1,11,15-18H2,2-5H3,(H,30,31,32)/b8-7-,33-24+. The van der Waals surface area contributed by atoms with Gasteiger partial charge in [-0.25, -0.2) is 14.3 Å². The fourth-order valence-corrected chi connectivity index (χ4v) is 4.94. The van der Waals surface area contributed by atoms with E-state index < -0.39 is 0 Å². The minimum Gasteiger partial charge on any atom is -0.495 e. The minimum atomic E-state index is -0.291. The van der Waals surface area contributed by atoms with Gasteiger partial charge in [0.1, 0.15) is 17.4 Å². The number of carbonyl (C=O) groups excluding carboxylic acids is 1. The van der Waals surface area contributed by atoms with Crippen LogP contribution in [0.25, 0.3) is 11.0 Å². The summed E-state index contributed by atoms with van der Waals surface area (Å²) in [5.41, 5.74) is 2.25. The number of ether oxygens (including phenoxy) is 1. The number of benzene rings is 1. The summed E-state index contributed by atoms with van der Waals surface area (Å²) in [6.07, 6.45) is 6.65. The quantitative estimate of drug-likeness (QED) is 0.0986. The highest BCUT2D eigenvalue weighted by Crippen LogP contribution is 2.42. The van der Waals surface area contributed by atoms with Crippen molar-refractivity contribution in [3.8, 4) is 5.75 Å². The topological polar surface area (TPSA) is 122 Å². The number of nitrogens with zero attached hydrogens (tertiary/aromatic N) is 7. The molecule has 0 aliphatic carbocycles. The Labute approximate surface area is 232 Å². The van der Waals surface area contributed by atoms with Gasteiger partial charge in [-0.3, -0.25) is 14.6 Å². The van der Waals surface area contributed by atoms with E-state index in [1.54, 1.807) is 29.0 Å². The van der Waals surface area contributed by atoms with E-state index in [0.717, 1.165) is 43.3 Å². The molecule has 1 aromatic carbocycles. The van der Waals surface area contributed by atoms with Crippen molar-refractivity contribution in [2.24, 2.45) is 10.5 Å². The van der Waals surface area contributed by atoms with Crippen LogP contribution in [-0.4, -0.2) is 82.8 Å². The van der Waals surface area contributed by atoms with Crippen molar-refractivity contribution in [3.05, 3.63) is 59.6 Å². The molecule has 0 atom stereocenters. The molecule has 4 heterocycles. The van der Waals surface area contributed by atoms with E-state index in [4.69, 9.17) is 9.72 Å². The number of aromatic nitrogens is 4. The summed E-state index contributed by atoms with van der Waals surface area (Å²) in [5, 5.41) is 13.3. The Kier molecular flexibility index (Phi) is 7.44. The van der Waals surface area contributed by atoms with Gasteiger partial charge in [-0.1, -0.05) is 6.08 Å². The van der Waals surface area contributed by atoms with Crippen LogP contribution < -0.4 is 25.8 Å². The number of hydrazone groups is 1. The second-order valence-corrected chi connectivity index (χ2v) is 10.5. The summed E-state index contributed by atoms with van der Waals surface area (Å²) < 4.78 is 8.76. The van der Waals surface area contributed by atoms with E-state index in [1.165, 1.54) is 17.0 Å². The molecule has 0 bridgehead atoms. The molecule has 12 heteroatoms. The first-order chi connectivity index (χ1) is 19.3. The average Bonchev–Trinajstić information content (AvgIpc) is 3.16. The first-order valence-electron chi connectivity index (χ1n) is 13.2. The highest BCUT2D eigenvalue weighted by molar-refractivity contribution is 6.01. The van der Waals surface area contributed by atoms with Crippen molar-refractivity contribution in [2.45, 2.75) is 26.4 Å². The number of rotatable bonds is 10. The molecule has 0 unspecified atom stereocenters. The predicted octanol–water partition coefficient (Wildman–Crippen LogP) is 2.20. The first kappa shape index (κ1) is 27.1. The highest BCUT2D eigenvalue weighted by atomic mass is 16.5. The summed E-state index contributed by atoms with van der Waals surface area (Å²) >= 11 is 0. The Bertz CT molecular complexity index is 1540. The van der Waals surface area contributed by atoms with E-state index in [-0.39, 0.29) is 18.1 Å². The molecule has 40 heavy (non-hydrogen) atoms. The van der Waals surface area contributed by atoms with E-state index in [0.29, 0.717) is 34.5 Å². The van der Waals surface area contributed by atoms with Crippen LogP contribution in [0.5, 0.6) is 5.75 Å². The lowest BCUT2D eigenvalue weighted by Gasteiger charge is -2.57. The molecule has 3 aromatic rings. The van der Waals surface area contributed by atoms with Crippen LogP contribution in [0.15, 0.2) is 59.1 Å². The normalized spacial score (nSPS) is 16.3. The van der Waals surface area contributed by atoms with Gasteiger partial charge in [0.2, 0.25) is 5.95 Å². The van der Waals surface area contributed by atoms with Crippen LogP contribution in [0.1, 0.15) is 13.8 Å². The Morgan fingerprint density at radius 2 is 2.12 bits per heavy atom. The number of fused-ring (bicyclic) bond motifs is 1. The largest absolute Gasteiger partial charge is 0.495 e. The van der Waals surface area contributed by atoms with Crippen molar-refractivity contribution < 1.29 is 9.53 Å². The van der Waals surface area contributed by atoms with E-state index in [2.05, 4.69) is 32.2 Å². The summed E-state index contributed by atoms with van der Waals surface area (Å²) in [5.74, 6) is 1.40. The smallest absolute Gasteiger partial charge is 0.278 e. The molecule has 2 aromatic heterocycles. The molecule has 210 valence electrons. The highest BCUT2D eigenvalue weighted by Gasteiger charge is 2.48. The van der Waals surface area contributed by atoms with Crippen LogP contribution in [-0.2, 0) is 11.3 Å². The maximum atomic E-state index is 13.3. The van der Waals surface area contributed by atoms with Gasteiger partial charge < -0.3 is 20.3 Å². The third-order valence-corrected chi connectivity index (χ3v) is 7.36. The van der Waals surface area contributed by atoms with Crippen LogP contribution in [0.2, 0.25) is 0 Å². The zero-order valence-electron chi connectivity index (χ0n) is 23.3. The van der Waals surface area contributed by atoms with E-state index in [9.17, 15) is 9.59 Å². The van der Waals surface area contributed by atoms with Gasteiger partial charge in [0, 0.05) is 62.6 Å². The third kappa shape index (κ3) is 4.97. The number of allylic oxidation sites excluding steroid dienone is 3. The summed E-state index contributed by atoms with van der Waals surface area (Å²) in [6, 6.07) is 5.99. The van der Waals surface area contributed by atoms with Crippen molar-refractivity contribution in [2.75, 3.05) is 50.6 Å². The molecule has 0 saturated carbocycles. The maximum absolute atomic E-state index is 13.3. The molecule has 0 radical (unpaired) electrons. The Morgan fingerprint density at radius 3 is 2.75 bits per heavy atom. The number of anilines is 3. The van der Waals surface area contributed by atoms with Crippen molar-refractivity contribution >= 4 is 40.5 Å². The molecule has 2 saturated heterocycles. The second kappa shape index (κ2) is 11.0.